The molecule has 1 aromatic heterocycles. The number of rotatable bonds is 6. The number of amides is 2. The summed E-state index contributed by atoms with van der Waals surface area (Å²) >= 11 is 7.15. The highest BCUT2D eigenvalue weighted by Gasteiger charge is 2.15. The van der Waals surface area contributed by atoms with E-state index < -0.39 is 11.9 Å². The first-order valence-corrected chi connectivity index (χ1v) is 6.71. The molecule has 7 heteroatoms. The lowest BCUT2D eigenvalue weighted by molar-refractivity contribution is -0.141. The van der Waals surface area contributed by atoms with Gasteiger partial charge in [-0.05, 0) is 18.6 Å². The number of hydrogen-bond donors (Lipinski definition) is 3. The lowest BCUT2D eigenvalue weighted by atomic mass is 10.1. The number of hydrogen-bond acceptors (Lipinski definition) is 3. The van der Waals surface area contributed by atoms with Crippen LogP contribution in [0.2, 0.25) is 4.34 Å². The Morgan fingerprint density at radius 3 is 2.67 bits per heavy atom. The molecule has 0 bridgehead atoms. The molecular weight excluding hydrogens is 276 g/mol. The quantitative estimate of drug-likeness (QED) is 0.752. The van der Waals surface area contributed by atoms with Gasteiger partial charge in [0.05, 0.1) is 16.8 Å². The second-order valence-electron chi connectivity index (χ2n) is 3.71. The summed E-state index contributed by atoms with van der Waals surface area (Å²) in [6.45, 7) is 2.28. The molecular formula is C11H15ClN2O3S. The zero-order chi connectivity index (χ0) is 13.5. The van der Waals surface area contributed by atoms with Crippen molar-refractivity contribution in [1.29, 1.82) is 0 Å². The van der Waals surface area contributed by atoms with Gasteiger partial charge in [0.15, 0.2) is 0 Å². The normalized spacial score (nSPS) is 11.9. The van der Waals surface area contributed by atoms with Crippen LogP contribution < -0.4 is 10.6 Å². The van der Waals surface area contributed by atoms with E-state index in [1.54, 1.807) is 13.0 Å². The van der Waals surface area contributed by atoms with Gasteiger partial charge in [-0.3, -0.25) is 4.79 Å². The molecule has 1 atom stereocenters. The number of carboxylic acid groups (broad SMARTS) is 1. The molecule has 5 nitrogen and oxygen atoms in total. The Balaban J connectivity index is 2.27. The fourth-order valence-corrected chi connectivity index (χ4v) is 2.33. The average molecular weight is 291 g/mol. The molecule has 18 heavy (non-hydrogen) atoms. The average Bonchev–Trinajstić information content (AvgIpc) is 2.73. The van der Waals surface area contributed by atoms with Gasteiger partial charge in [0, 0.05) is 11.4 Å². The molecule has 1 rings (SSSR count). The number of aliphatic carboxylic acids is 1. The summed E-state index contributed by atoms with van der Waals surface area (Å²) in [6, 6.07) is 3.22. The van der Waals surface area contributed by atoms with Crippen molar-refractivity contribution in [2.75, 3.05) is 6.54 Å². The Bertz CT molecular complexity index is 422. The maximum Gasteiger partial charge on any atom is 0.315 e. The number of carbonyl (C=O) groups excluding carboxylic acids is 1. The molecule has 0 aromatic carbocycles. The highest BCUT2D eigenvalue weighted by atomic mass is 35.5. The molecule has 2 amide bonds. The van der Waals surface area contributed by atoms with Crippen LogP contribution in [0.15, 0.2) is 12.1 Å². The van der Waals surface area contributed by atoms with Crippen LogP contribution in [0.25, 0.3) is 0 Å². The molecule has 1 aromatic rings. The van der Waals surface area contributed by atoms with Gasteiger partial charge in [0.2, 0.25) is 0 Å². The second-order valence-corrected chi connectivity index (χ2v) is 5.51. The first-order chi connectivity index (χ1) is 8.52. The third kappa shape index (κ3) is 4.93. The zero-order valence-electron chi connectivity index (χ0n) is 9.90. The molecule has 100 valence electrons. The van der Waals surface area contributed by atoms with E-state index in [4.69, 9.17) is 16.7 Å². The van der Waals surface area contributed by atoms with Gasteiger partial charge in [-0.2, -0.15) is 0 Å². The Morgan fingerprint density at radius 1 is 1.44 bits per heavy atom. The molecule has 1 heterocycles. The molecule has 3 N–H and O–H groups in total. The number of carbonyl (C=O) groups is 2. The van der Waals surface area contributed by atoms with Crippen LogP contribution in [0, 0.1) is 5.92 Å². The number of carboxylic acids is 1. The van der Waals surface area contributed by atoms with E-state index in [0.717, 1.165) is 4.88 Å². The minimum atomic E-state index is -0.900. The van der Waals surface area contributed by atoms with Gasteiger partial charge in [-0.15, -0.1) is 11.3 Å². The zero-order valence-corrected chi connectivity index (χ0v) is 11.5. The topological polar surface area (TPSA) is 78.4 Å². The van der Waals surface area contributed by atoms with Crippen LogP contribution in [-0.2, 0) is 11.3 Å². The van der Waals surface area contributed by atoms with Crippen molar-refractivity contribution in [1.82, 2.24) is 10.6 Å². The molecule has 1 unspecified atom stereocenters. The third-order valence-electron chi connectivity index (χ3n) is 2.40. The third-order valence-corrected chi connectivity index (χ3v) is 3.63. The van der Waals surface area contributed by atoms with E-state index in [0.29, 0.717) is 17.3 Å². The van der Waals surface area contributed by atoms with Gasteiger partial charge >= 0.3 is 12.0 Å². The monoisotopic (exact) mass is 290 g/mol. The molecule has 0 aliphatic carbocycles. The minimum Gasteiger partial charge on any atom is -0.481 e. The van der Waals surface area contributed by atoms with E-state index in [9.17, 15) is 9.59 Å². The fraction of sp³-hybridized carbons (Fsp3) is 0.455. The number of nitrogens with one attached hydrogen (secondary N) is 2. The summed E-state index contributed by atoms with van der Waals surface area (Å²) in [5.74, 6) is -1.45. The van der Waals surface area contributed by atoms with E-state index in [2.05, 4.69) is 10.6 Å². The Kier molecular flexibility index (Phi) is 5.94. The van der Waals surface area contributed by atoms with Gasteiger partial charge in [0.1, 0.15) is 0 Å². The van der Waals surface area contributed by atoms with E-state index in [-0.39, 0.29) is 12.6 Å². The highest BCUT2D eigenvalue weighted by Crippen LogP contribution is 2.20. The van der Waals surface area contributed by atoms with Crippen molar-refractivity contribution < 1.29 is 14.7 Å². The van der Waals surface area contributed by atoms with Crippen LogP contribution in [0.4, 0.5) is 4.79 Å². The van der Waals surface area contributed by atoms with Gasteiger partial charge in [-0.1, -0.05) is 18.5 Å². The number of urea groups is 1. The van der Waals surface area contributed by atoms with Gasteiger partial charge in [-0.25, -0.2) is 4.79 Å². The Morgan fingerprint density at radius 2 is 2.17 bits per heavy atom. The van der Waals surface area contributed by atoms with Crippen molar-refractivity contribution in [3.63, 3.8) is 0 Å². The predicted molar refractivity (Wildman–Crippen MR) is 71.0 cm³/mol. The summed E-state index contributed by atoms with van der Waals surface area (Å²) in [5, 5.41) is 14.0. The highest BCUT2D eigenvalue weighted by molar-refractivity contribution is 7.16. The summed E-state index contributed by atoms with van der Waals surface area (Å²) in [4.78, 5) is 23.1. The first-order valence-electron chi connectivity index (χ1n) is 5.51. The Hall–Kier alpha value is -1.27. The van der Waals surface area contributed by atoms with Crippen LogP contribution >= 0.6 is 22.9 Å². The molecule has 0 aliphatic rings. The van der Waals surface area contributed by atoms with Crippen molar-refractivity contribution in [2.24, 2.45) is 5.92 Å². The summed E-state index contributed by atoms with van der Waals surface area (Å²) in [6.07, 6.45) is 0.482. The molecule has 0 saturated heterocycles. The largest absolute Gasteiger partial charge is 0.481 e. The number of halogens is 1. The van der Waals surface area contributed by atoms with Crippen molar-refractivity contribution in [3.8, 4) is 0 Å². The van der Waals surface area contributed by atoms with Crippen LogP contribution in [-0.4, -0.2) is 23.7 Å². The van der Waals surface area contributed by atoms with E-state index in [1.807, 2.05) is 6.07 Å². The standard InChI is InChI=1S/C11H15ClN2O3S/c1-2-7(10(15)16)5-13-11(17)14-6-8-3-4-9(12)18-8/h3-4,7H,2,5-6H2,1H3,(H,15,16)(H2,13,14,17). The maximum atomic E-state index is 11.4. The minimum absolute atomic E-state index is 0.128. The van der Waals surface area contributed by atoms with Crippen molar-refractivity contribution in [2.45, 2.75) is 19.9 Å². The lowest BCUT2D eigenvalue weighted by Gasteiger charge is -2.11. The molecule has 0 saturated carbocycles. The van der Waals surface area contributed by atoms with E-state index >= 15 is 0 Å². The van der Waals surface area contributed by atoms with Gasteiger partial charge < -0.3 is 15.7 Å². The van der Waals surface area contributed by atoms with Crippen LogP contribution in [0.5, 0.6) is 0 Å². The smallest absolute Gasteiger partial charge is 0.315 e. The summed E-state index contributed by atoms with van der Waals surface area (Å²) in [5.41, 5.74) is 0. The van der Waals surface area contributed by atoms with Crippen molar-refractivity contribution in [3.05, 3.63) is 21.3 Å². The van der Waals surface area contributed by atoms with Crippen LogP contribution in [0.1, 0.15) is 18.2 Å². The Labute approximate surface area is 114 Å². The summed E-state index contributed by atoms with van der Waals surface area (Å²) < 4.78 is 0.670. The molecule has 0 spiro atoms. The maximum absolute atomic E-state index is 11.4. The fourth-order valence-electron chi connectivity index (χ4n) is 1.30. The summed E-state index contributed by atoms with van der Waals surface area (Å²) in [7, 11) is 0. The SMILES string of the molecule is CCC(CNC(=O)NCc1ccc(Cl)s1)C(=O)O. The molecule has 0 radical (unpaired) electrons. The lowest BCUT2D eigenvalue weighted by Crippen LogP contribution is -2.39. The van der Waals surface area contributed by atoms with Crippen molar-refractivity contribution >= 4 is 34.9 Å². The van der Waals surface area contributed by atoms with Crippen LogP contribution in [0.3, 0.4) is 0 Å². The van der Waals surface area contributed by atoms with Gasteiger partial charge in [0.25, 0.3) is 0 Å². The first kappa shape index (κ1) is 14.8. The molecule has 0 fully saturated rings. The molecule has 0 aliphatic heterocycles. The van der Waals surface area contributed by atoms with E-state index in [1.165, 1.54) is 11.3 Å². The predicted octanol–water partition coefficient (Wildman–Crippen LogP) is 2.31. The number of thiophene rings is 1. The second kappa shape index (κ2) is 7.23.